The van der Waals surface area contributed by atoms with Crippen molar-refractivity contribution in [3.05, 3.63) is 28.8 Å². The molecule has 0 radical (unpaired) electrons. The van der Waals surface area contributed by atoms with Crippen molar-refractivity contribution in [2.24, 2.45) is 5.92 Å². The molecule has 3 heteroatoms. The van der Waals surface area contributed by atoms with Crippen LogP contribution in [0.15, 0.2) is 18.2 Å². The van der Waals surface area contributed by atoms with Crippen molar-refractivity contribution in [3.8, 4) is 5.75 Å². The smallest absolute Gasteiger partial charge is 0.137 e. The first-order chi connectivity index (χ1) is 9.06. The highest BCUT2D eigenvalue weighted by Gasteiger charge is 2.07. The fraction of sp³-hybridized carbons (Fsp3) is 0.625. The van der Waals surface area contributed by atoms with Crippen LogP contribution in [0.4, 0.5) is 0 Å². The molecular weight excluding hydrogens is 258 g/mol. The summed E-state index contributed by atoms with van der Waals surface area (Å²) in [6.07, 6.45) is 2.29. The first-order valence-corrected chi connectivity index (χ1v) is 7.59. The molecule has 2 nitrogen and oxygen atoms in total. The van der Waals surface area contributed by atoms with Gasteiger partial charge >= 0.3 is 0 Å². The Balaban J connectivity index is 2.56. The van der Waals surface area contributed by atoms with E-state index in [0.717, 1.165) is 31.7 Å². The van der Waals surface area contributed by atoms with Gasteiger partial charge in [-0.25, -0.2) is 0 Å². The van der Waals surface area contributed by atoms with Gasteiger partial charge in [-0.1, -0.05) is 58.2 Å². The van der Waals surface area contributed by atoms with Gasteiger partial charge in [-0.15, -0.1) is 0 Å². The highest BCUT2D eigenvalue weighted by atomic mass is 35.5. The Hall–Kier alpha value is -0.730. The van der Waals surface area contributed by atoms with E-state index in [0.29, 0.717) is 17.0 Å². The summed E-state index contributed by atoms with van der Waals surface area (Å²) in [6, 6.07) is 6.51. The molecule has 0 aliphatic heterocycles. The highest BCUT2D eigenvalue weighted by molar-refractivity contribution is 6.32. The van der Waals surface area contributed by atoms with E-state index in [-0.39, 0.29) is 0 Å². The Morgan fingerprint density at radius 2 is 1.89 bits per heavy atom. The highest BCUT2D eigenvalue weighted by Crippen LogP contribution is 2.26. The van der Waals surface area contributed by atoms with E-state index >= 15 is 0 Å². The Morgan fingerprint density at radius 3 is 2.42 bits per heavy atom. The summed E-state index contributed by atoms with van der Waals surface area (Å²) >= 11 is 6.26. The number of benzene rings is 1. The fourth-order valence-electron chi connectivity index (χ4n) is 1.83. The fourth-order valence-corrected chi connectivity index (χ4v) is 2.08. The van der Waals surface area contributed by atoms with Gasteiger partial charge in [0.2, 0.25) is 0 Å². The van der Waals surface area contributed by atoms with Gasteiger partial charge < -0.3 is 10.1 Å². The van der Waals surface area contributed by atoms with Crippen LogP contribution in [0.1, 0.15) is 46.1 Å². The molecule has 19 heavy (non-hydrogen) atoms. The van der Waals surface area contributed by atoms with Crippen molar-refractivity contribution >= 4 is 11.6 Å². The molecule has 1 aromatic carbocycles. The first-order valence-electron chi connectivity index (χ1n) is 7.21. The van der Waals surface area contributed by atoms with Gasteiger partial charge in [-0.05, 0) is 23.6 Å². The summed E-state index contributed by atoms with van der Waals surface area (Å²) in [5, 5.41) is 4.08. The van der Waals surface area contributed by atoms with E-state index in [9.17, 15) is 0 Å². The van der Waals surface area contributed by atoms with E-state index in [1.807, 2.05) is 12.1 Å². The Bertz CT molecular complexity index is 375. The summed E-state index contributed by atoms with van der Waals surface area (Å²) < 4.78 is 5.81. The van der Waals surface area contributed by atoms with Crippen molar-refractivity contribution in [1.29, 1.82) is 0 Å². The van der Waals surface area contributed by atoms with E-state index in [4.69, 9.17) is 16.3 Å². The number of ether oxygens (including phenoxy) is 1. The van der Waals surface area contributed by atoms with Crippen LogP contribution in [0, 0.1) is 5.92 Å². The summed E-state index contributed by atoms with van der Waals surface area (Å²) in [7, 11) is 0. The lowest BCUT2D eigenvalue weighted by atomic mass is 10.1. The second-order valence-corrected chi connectivity index (χ2v) is 5.70. The molecule has 1 N–H and O–H groups in total. The van der Waals surface area contributed by atoms with Gasteiger partial charge in [0, 0.05) is 12.6 Å². The molecule has 0 saturated heterocycles. The van der Waals surface area contributed by atoms with E-state index in [1.165, 1.54) is 5.56 Å². The largest absolute Gasteiger partial charge is 0.492 e. The predicted octanol–water partition coefficient (Wildman–Crippen LogP) is 4.65. The van der Waals surface area contributed by atoms with E-state index < -0.39 is 0 Å². The monoisotopic (exact) mass is 283 g/mol. The van der Waals surface area contributed by atoms with Gasteiger partial charge in [0.25, 0.3) is 0 Å². The average molecular weight is 284 g/mol. The van der Waals surface area contributed by atoms with Gasteiger partial charge in [-0.3, -0.25) is 0 Å². The second-order valence-electron chi connectivity index (χ2n) is 5.29. The zero-order chi connectivity index (χ0) is 14.3. The van der Waals surface area contributed by atoms with Crippen molar-refractivity contribution in [1.82, 2.24) is 5.32 Å². The molecule has 0 heterocycles. The molecule has 0 amide bonds. The van der Waals surface area contributed by atoms with Gasteiger partial charge in [-0.2, -0.15) is 0 Å². The number of hydrogen-bond donors (Lipinski definition) is 1. The normalized spacial score (nSPS) is 11.3. The summed E-state index contributed by atoms with van der Waals surface area (Å²) in [4.78, 5) is 0. The summed E-state index contributed by atoms with van der Waals surface area (Å²) in [6.45, 7) is 10.2. The lowest BCUT2D eigenvalue weighted by Gasteiger charge is -2.15. The number of halogens is 1. The van der Waals surface area contributed by atoms with Crippen LogP contribution in [-0.4, -0.2) is 12.6 Å². The predicted molar refractivity (Wildman–Crippen MR) is 83.0 cm³/mol. The molecule has 0 aromatic heterocycles. The van der Waals surface area contributed by atoms with Crippen LogP contribution in [0.5, 0.6) is 5.75 Å². The third kappa shape index (κ3) is 5.84. The average Bonchev–Trinajstić information content (AvgIpc) is 2.39. The quantitative estimate of drug-likeness (QED) is 0.750. The van der Waals surface area contributed by atoms with Crippen LogP contribution in [-0.2, 0) is 6.54 Å². The maximum atomic E-state index is 6.26. The van der Waals surface area contributed by atoms with Crippen molar-refractivity contribution in [2.45, 2.75) is 53.1 Å². The SMILES string of the molecule is CCC(CC)COc1ccc(CNC(C)C)cc1Cl. The molecule has 0 fully saturated rings. The first kappa shape index (κ1) is 16.3. The Kier molecular flexibility index (Phi) is 7.25. The van der Waals surface area contributed by atoms with Crippen LogP contribution in [0.2, 0.25) is 5.02 Å². The third-order valence-corrected chi connectivity index (χ3v) is 3.64. The molecule has 0 unspecified atom stereocenters. The minimum atomic E-state index is 0.476. The van der Waals surface area contributed by atoms with E-state index in [1.54, 1.807) is 0 Å². The molecule has 0 spiro atoms. The van der Waals surface area contributed by atoms with E-state index in [2.05, 4.69) is 39.1 Å². The summed E-state index contributed by atoms with van der Waals surface area (Å²) in [5.41, 5.74) is 1.19. The minimum absolute atomic E-state index is 0.476. The molecule has 0 atom stereocenters. The topological polar surface area (TPSA) is 21.3 Å². The van der Waals surface area contributed by atoms with Crippen LogP contribution < -0.4 is 10.1 Å². The lowest BCUT2D eigenvalue weighted by molar-refractivity contribution is 0.240. The third-order valence-electron chi connectivity index (χ3n) is 3.34. The van der Waals surface area contributed by atoms with Crippen LogP contribution in [0.3, 0.4) is 0 Å². The number of hydrogen-bond acceptors (Lipinski definition) is 2. The maximum Gasteiger partial charge on any atom is 0.137 e. The molecule has 0 saturated carbocycles. The standard InChI is InChI=1S/C16H26ClNO/c1-5-13(6-2)11-19-16-8-7-14(9-15(16)17)10-18-12(3)4/h7-9,12-13,18H,5-6,10-11H2,1-4H3. The van der Waals surface area contributed by atoms with Gasteiger partial charge in [0.1, 0.15) is 5.75 Å². The molecule has 0 aliphatic carbocycles. The lowest BCUT2D eigenvalue weighted by Crippen LogP contribution is -2.21. The van der Waals surface area contributed by atoms with Gasteiger partial charge in [0.15, 0.2) is 0 Å². The Labute approximate surface area is 122 Å². The number of rotatable bonds is 8. The zero-order valence-electron chi connectivity index (χ0n) is 12.5. The van der Waals surface area contributed by atoms with Crippen molar-refractivity contribution < 1.29 is 4.74 Å². The molecule has 1 aromatic rings. The van der Waals surface area contributed by atoms with Crippen molar-refractivity contribution in [2.75, 3.05) is 6.61 Å². The number of nitrogens with one attached hydrogen (secondary N) is 1. The van der Waals surface area contributed by atoms with Gasteiger partial charge in [0.05, 0.1) is 11.6 Å². The summed E-state index contributed by atoms with van der Waals surface area (Å²) in [5.74, 6) is 1.40. The van der Waals surface area contributed by atoms with Crippen molar-refractivity contribution in [3.63, 3.8) is 0 Å². The molecule has 0 aliphatic rings. The maximum absolute atomic E-state index is 6.26. The Morgan fingerprint density at radius 1 is 1.21 bits per heavy atom. The van der Waals surface area contributed by atoms with Crippen LogP contribution in [0.25, 0.3) is 0 Å². The molecular formula is C16H26ClNO. The second kappa shape index (κ2) is 8.44. The minimum Gasteiger partial charge on any atom is -0.492 e. The zero-order valence-corrected chi connectivity index (χ0v) is 13.3. The molecule has 1 rings (SSSR count). The van der Waals surface area contributed by atoms with Crippen LogP contribution >= 0.6 is 11.6 Å². The molecule has 0 bridgehead atoms. The molecule has 108 valence electrons.